The Kier molecular flexibility index (Phi) is 7.97. The molecule has 0 spiro atoms. The van der Waals surface area contributed by atoms with Crippen molar-refractivity contribution in [3.63, 3.8) is 0 Å². The Labute approximate surface area is 193 Å². The van der Waals surface area contributed by atoms with Crippen LogP contribution in [0.4, 0.5) is 5.69 Å². The third kappa shape index (κ3) is 6.53. The molecule has 0 heterocycles. The van der Waals surface area contributed by atoms with Crippen molar-refractivity contribution >= 4 is 23.3 Å². The zero-order valence-electron chi connectivity index (χ0n) is 19.0. The van der Waals surface area contributed by atoms with Gasteiger partial charge in [-0.05, 0) is 55.3 Å². The van der Waals surface area contributed by atoms with Crippen molar-refractivity contribution in [3.8, 4) is 5.75 Å². The molecule has 1 N–H and O–H groups in total. The van der Waals surface area contributed by atoms with E-state index in [0.717, 1.165) is 11.1 Å². The summed E-state index contributed by atoms with van der Waals surface area (Å²) < 4.78 is 11.0. The average Bonchev–Trinajstić information content (AvgIpc) is 2.83. The van der Waals surface area contributed by atoms with E-state index in [1.54, 1.807) is 55.5 Å². The van der Waals surface area contributed by atoms with Crippen LogP contribution >= 0.6 is 0 Å². The van der Waals surface area contributed by atoms with Gasteiger partial charge in [0.1, 0.15) is 5.75 Å². The van der Waals surface area contributed by atoms with E-state index in [9.17, 15) is 14.4 Å². The minimum absolute atomic E-state index is 0.0292. The lowest BCUT2D eigenvalue weighted by Gasteiger charge is -2.19. The number of amides is 1. The lowest BCUT2D eigenvalue weighted by molar-refractivity contribution is -0.156. The van der Waals surface area contributed by atoms with Gasteiger partial charge in [0.05, 0.1) is 0 Å². The zero-order chi connectivity index (χ0) is 23.8. The maximum Gasteiger partial charge on any atom is 0.345 e. The van der Waals surface area contributed by atoms with Crippen molar-refractivity contribution in [2.75, 3.05) is 11.9 Å². The van der Waals surface area contributed by atoms with Crippen LogP contribution in [0.1, 0.15) is 46.5 Å². The second-order valence-electron chi connectivity index (χ2n) is 7.68. The summed E-state index contributed by atoms with van der Waals surface area (Å²) in [5, 5.41) is 2.86. The second kappa shape index (κ2) is 11.1. The SMILES string of the molecule is CCC(=O)c1ccc(OCC(=O)OC(C(=O)Nc2cc(C)ccc2C)c2ccccc2)cc1. The summed E-state index contributed by atoms with van der Waals surface area (Å²) in [5.74, 6) is -0.684. The molecule has 3 aromatic rings. The molecular formula is C27H27NO5. The predicted octanol–water partition coefficient (Wildman–Crippen LogP) is 5.20. The van der Waals surface area contributed by atoms with Crippen LogP contribution in [-0.2, 0) is 14.3 Å². The van der Waals surface area contributed by atoms with Gasteiger partial charge in [0.2, 0.25) is 6.10 Å². The summed E-state index contributed by atoms with van der Waals surface area (Å²) in [6.07, 6.45) is -0.718. The fraction of sp³-hybridized carbons (Fsp3) is 0.222. The largest absolute Gasteiger partial charge is 0.482 e. The first-order valence-corrected chi connectivity index (χ1v) is 10.8. The highest BCUT2D eigenvalue weighted by atomic mass is 16.6. The van der Waals surface area contributed by atoms with Crippen molar-refractivity contribution in [3.05, 3.63) is 95.1 Å². The molecule has 0 radical (unpaired) electrons. The van der Waals surface area contributed by atoms with Crippen LogP contribution in [0.5, 0.6) is 5.75 Å². The van der Waals surface area contributed by atoms with Gasteiger partial charge in [0.25, 0.3) is 5.91 Å². The van der Waals surface area contributed by atoms with Crippen LogP contribution in [0.3, 0.4) is 0 Å². The summed E-state index contributed by atoms with van der Waals surface area (Å²) in [7, 11) is 0. The normalized spacial score (nSPS) is 11.4. The van der Waals surface area contributed by atoms with Crippen molar-refractivity contribution < 1.29 is 23.9 Å². The lowest BCUT2D eigenvalue weighted by Crippen LogP contribution is -2.28. The van der Waals surface area contributed by atoms with Gasteiger partial charge < -0.3 is 14.8 Å². The number of nitrogens with one attached hydrogen (secondary N) is 1. The molecule has 0 aliphatic heterocycles. The second-order valence-corrected chi connectivity index (χ2v) is 7.68. The maximum atomic E-state index is 13.1. The number of anilines is 1. The van der Waals surface area contributed by atoms with Gasteiger partial charge in [-0.1, -0.05) is 49.4 Å². The van der Waals surface area contributed by atoms with Crippen molar-refractivity contribution in [1.29, 1.82) is 0 Å². The molecular weight excluding hydrogens is 418 g/mol. The highest BCUT2D eigenvalue weighted by molar-refractivity contribution is 5.97. The quantitative estimate of drug-likeness (QED) is 0.362. The number of hydrogen-bond donors (Lipinski definition) is 1. The minimum atomic E-state index is -1.13. The number of ether oxygens (including phenoxy) is 2. The Balaban J connectivity index is 1.68. The van der Waals surface area contributed by atoms with Gasteiger partial charge in [-0.25, -0.2) is 4.79 Å². The summed E-state index contributed by atoms with van der Waals surface area (Å²) in [5.41, 5.74) is 3.70. The summed E-state index contributed by atoms with van der Waals surface area (Å²) in [4.78, 5) is 37.3. The Morgan fingerprint density at radius 1 is 0.909 bits per heavy atom. The Morgan fingerprint density at radius 2 is 1.61 bits per heavy atom. The molecule has 0 fully saturated rings. The molecule has 0 bridgehead atoms. The van der Waals surface area contributed by atoms with Gasteiger partial charge >= 0.3 is 5.97 Å². The number of esters is 1. The number of carbonyl (C=O) groups is 3. The van der Waals surface area contributed by atoms with Gasteiger partial charge in [0, 0.05) is 23.2 Å². The third-order valence-corrected chi connectivity index (χ3v) is 5.09. The first kappa shape index (κ1) is 23.7. The van der Waals surface area contributed by atoms with E-state index in [1.807, 2.05) is 38.1 Å². The number of aryl methyl sites for hydroxylation is 2. The van der Waals surface area contributed by atoms with Crippen molar-refractivity contribution in [2.24, 2.45) is 0 Å². The molecule has 1 amide bonds. The Bertz CT molecular complexity index is 1120. The van der Waals surface area contributed by atoms with E-state index in [4.69, 9.17) is 9.47 Å². The standard InChI is InChI=1S/C27H27NO5/c1-4-24(29)20-12-14-22(15-13-20)32-17-25(30)33-26(21-8-6-5-7-9-21)27(31)28-23-16-18(2)10-11-19(23)3/h5-16,26H,4,17H2,1-3H3,(H,28,31). The monoisotopic (exact) mass is 445 g/mol. The molecule has 1 unspecified atom stereocenters. The molecule has 0 aromatic heterocycles. The molecule has 6 heteroatoms. The van der Waals surface area contributed by atoms with Crippen molar-refractivity contribution in [1.82, 2.24) is 0 Å². The number of benzene rings is 3. The van der Waals surface area contributed by atoms with Gasteiger partial charge in [-0.15, -0.1) is 0 Å². The van der Waals surface area contributed by atoms with E-state index in [0.29, 0.717) is 29.0 Å². The molecule has 0 saturated heterocycles. The molecule has 0 aliphatic carbocycles. The van der Waals surface area contributed by atoms with Crippen LogP contribution in [0.25, 0.3) is 0 Å². The molecule has 33 heavy (non-hydrogen) atoms. The summed E-state index contributed by atoms with van der Waals surface area (Å²) in [6, 6.07) is 21.1. The summed E-state index contributed by atoms with van der Waals surface area (Å²) in [6.45, 7) is 5.25. The molecule has 170 valence electrons. The highest BCUT2D eigenvalue weighted by Crippen LogP contribution is 2.23. The fourth-order valence-electron chi connectivity index (χ4n) is 3.22. The third-order valence-electron chi connectivity index (χ3n) is 5.09. The Hall–Kier alpha value is -3.93. The average molecular weight is 446 g/mol. The molecule has 6 nitrogen and oxygen atoms in total. The van der Waals surface area contributed by atoms with Gasteiger partial charge in [0.15, 0.2) is 12.4 Å². The highest BCUT2D eigenvalue weighted by Gasteiger charge is 2.26. The number of carbonyl (C=O) groups excluding carboxylic acids is 3. The van der Waals surface area contributed by atoms with E-state index < -0.39 is 18.0 Å². The van der Waals surface area contributed by atoms with Crippen LogP contribution < -0.4 is 10.1 Å². The molecule has 0 saturated carbocycles. The minimum Gasteiger partial charge on any atom is -0.482 e. The van der Waals surface area contributed by atoms with Crippen LogP contribution in [0, 0.1) is 13.8 Å². The maximum absolute atomic E-state index is 13.1. The lowest BCUT2D eigenvalue weighted by atomic mass is 10.1. The number of rotatable bonds is 9. The number of ketones is 1. The first-order chi connectivity index (χ1) is 15.9. The summed E-state index contributed by atoms with van der Waals surface area (Å²) >= 11 is 0. The van der Waals surface area contributed by atoms with Crippen LogP contribution in [-0.4, -0.2) is 24.3 Å². The Morgan fingerprint density at radius 3 is 2.27 bits per heavy atom. The molecule has 3 rings (SSSR count). The van der Waals surface area contributed by atoms with Gasteiger partial charge in [-0.3, -0.25) is 9.59 Å². The fourth-order valence-corrected chi connectivity index (χ4v) is 3.22. The smallest absolute Gasteiger partial charge is 0.345 e. The van der Waals surface area contributed by atoms with Gasteiger partial charge in [-0.2, -0.15) is 0 Å². The zero-order valence-corrected chi connectivity index (χ0v) is 19.0. The number of Topliss-reactive ketones (excluding diaryl/α,β-unsaturated/α-hetero) is 1. The topological polar surface area (TPSA) is 81.7 Å². The van der Waals surface area contributed by atoms with Crippen molar-refractivity contribution in [2.45, 2.75) is 33.3 Å². The van der Waals surface area contributed by atoms with Crippen LogP contribution in [0.15, 0.2) is 72.8 Å². The van der Waals surface area contributed by atoms with Crippen LogP contribution in [0.2, 0.25) is 0 Å². The molecule has 0 aliphatic rings. The van der Waals surface area contributed by atoms with E-state index in [2.05, 4.69) is 5.32 Å². The molecule has 3 aromatic carbocycles. The number of hydrogen-bond acceptors (Lipinski definition) is 5. The van der Waals surface area contributed by atoms with E-state index in [1.165, 1.54) is 0 Å². The first-order valence-electron chi connectivity index (χ1n) is 10.8. The van der Waals surface area contributed by atoms with E-state index >= 15 is 0 Å². The predicted molar refractivity (Wildman–Crippen MR) is 126 cm³/mol. The molecule has 1 atom stereocenters. The van der Waals surface area contributed by atoms with E-state index in [-0.39, 0.29) is 12.4 Å².